The lowest BCUT2D eigenvalue weighted by atomic mass is 10.1. The van der Waals surface area contributed by atoms with Gasteiger partial charge in [0.05, 0.1) is 44.5 Å². The number of hydrogen-bond donors (Lipinski definition) is 1. The van der Waals surface area contributed by atoms with Gasteiger partial charge in [-0.3, -0.25) is 19.3 Å². The molecule has 2 aromatic heterocycles. The van der Waals surface area contributed by atoms with Crippen LogP contribution >= 0.6 is 0 Å². The molecule has 1 N–H and O–H groups in total. The van der Waals surface area contributed by atoms with E-state index in [-0.39, 0.29) is 18.0 Å². The summed E-state index contributed by atoms with van der Waals surface area (Å²) >= 11 is 0. The third-order valence-corrected chi connectivity index (χ3v) is 7.96. The molecule has 0 saturated carbocycles. The van der Waals surface area contributed by atoms with E-state index in [1.54, 1.807) is 35.9 Å². The zero-order chi connectivity index (χ0) is 27.4. The van der Waals surface area contributed by atoms with Crippen LogP contribution in [0.25, 0.3) is 5.69 Å². The van der Waals surface area contributed by atoms with E-state index in [0.29, 0.717) is 47.6 Å². The first-order valence-corrected chi connectivity index (χ1v) is 13.9. The number of aryl methyl sites for hydroxylation is 1. The Morgan fingerprint density at radius 3 is 2.34 bits per heavy atom. The number of benzene rings is 1. The van der Waals surface area contributed by atoms with Crippen LogP contribution in [0, 0.1) is 6.92 Å². The SMILES string of the molecule is COc1cccc(OC)c1-n1c(NS(=O)(=O)[C@@H](C)[C@@H](OC(C)C)c2cnc(C)cn2)nnc1C1CCOC1. The Labute approximate surface area is 222 Å². The fourth-order valence-electron chi connectivity index (χ4n) is 4.28. The molecule has 0 radical (unpaired) electrons. The molecule has 3 atom stereocenters. The predicted octanol–water partition coefficient (Wildman–Crippen LogP) is 3.18. The van der Waals surface area contributed by atoms with Crippen molar-refractivity contribution in [2.24, 2.45) is 0 Å². The van der Waals surface area contributed by atoms with Gasteiger partial charge in [0.25, 0.3) is 0 Å². The highest BCUT2D eigenvalue weighted by atomic mass is 32.2. The van der Waals surface area contributed by atoms with E-state index in [0.717, 1.165) is 6.42 Å². The van der Waals surface area contributed by atoms with Crippen LogP contribution in [0.1, 0.15) is 56.4 Å². The number of aromatic nitrogens is 5. The van der Waals surface area contributed by atoms with Crippen LogP contribution in [-0.2, 0) is 19.5 Å². The molecule has 1 aliphatic rings. The highest BCUT2D eigenvalue weighted by molar-refractivity contribution is 7.93. The third kappa shape index (κ3) is 5.74. The number of hydrogen-bond acceptors (Lipinski definition) is 10. The Bertz CT molecular complexity index is 1320. The second kappa shape index (κ2) is 11.6. The smallest absolute Gasteiger partial charge is 0.243 e. The Morgan fingerprint density at radius 1 is 1.08 bits per heavy atom. The highest BCUT2D eigenvalue weighted by Gasteiger charge is 2.36. The number of nitrogens with one attached hydrogen (secondary N) is 1. The van der Waals surface area contributed by atoms with Crippen molar-refractivity contribution < 1.29 is 27.4 Å². The maximum absolute atomic E-state index is 13.8. The van der Waals surface area contributed by atoms with Gasteiger partial charge in [-0.2, -0.15) is 0 Å². The van der Waals surface area contributed by atoms with Gasteiger partial charge in [0, 0.05) is 18.7 Å². The van der Waals surface area contributed by atoms with Crippen LogP contribution in [-0.4, -0.2) is 71.9 Å². The molecule has 0 spiro atoms. The zero-order valence-corrected chi connectivity index (χ0v) is 23.2. The summed E-state index contributed by atoms with van der Waals surface area (Å²) in [7, 11) is -1.01. The molecule has 0 amide bonds. The van der Waals surface area contributed by atoms with Crippen molar-refractivity contribution in [1.82, 2.24) is 24.7 Å². The van der Waals surface area contributed by atoms with Crippen LogP contribution in [0.3, 0.4) is 0 Å². The average molecular weight is 547 g/mol. The van der Waals surface area contributed by atoms with Crippen LogP contribution < -0.4 is 14.2 Å². The standard InChI is InChI=1S/C25H34N6O6S/c1-15(2)37-23(19-13-26-16(3)12-27-19)17(4)38(32,33)30-25-29-28-24(18-10-11-36-14-18)31(25)22-20(34-5)8-7-9-21(22)35-6/h7-9,12-13,15,17-18,23H,10-11,14H2,1-6H3,(H,29,30)/t17-,18?,23+/m0/s1. The number of nitrogens with zero attached hydrogens (tertiary/aromatic N) is 5. The zero-order valence-electron chi connectivity index (χ0n) is 22.4. The summed E-state index contributed by atoms with van der Waals surface area (Å²) in [6.45, 7) is 8.05. The van der Waals surface area contributed by atoms with E-state index in [1.807, 2.05) is 20.8 Å². The quantitative estimate of drug-likeness (QED) is 0.381. The van der Waals surface area contributed by atoms with E-state index in [1.165, 1.54) is 20.4 Å². The minimum absolute atomic E-state index is 0.000151. The Balaban J connectivity index is 1.78. The summed E-state index contributed by atoms with van der Waals surface area (Å²) < 4.78 is 54.7. The molecule has 1 fully saturated rings. The molecular weight excluding hydrogens is 512 g/mol. The van der Waals surface area contributed by atoms with Crippen molar-refractivity contribution in [1.29, 1.82) is 0 Å². The monoisotopic (exact) mass is 546 g/mol. The molecule has 1 unspecified atom stereocenters. The minimum atomic E-state index is -4.08. The third-order valence-electron chi connectivity index (χ3n) is 6.27. The van der Waals surface area contributed by atoms with Gasteiger partial charge in [-0.1, -0.05) is 6.07 Å². The molecule has 3 aromatic rings. The Kier molecular flexibility index (Phi) is 8.48. The summed E-state index contributed by atoms with van der Waals surface area (Å²) in [5.74, 6) is 1.38. The maximum atomic E-state index is 13.8. The Morgan fingerprint density at radius 2 is 1.79 bits per heavy atom. The van der Waals surface area contributed by atoms with Crippen LogP contribution in [0.2, 0.25) is 0 Å². The van der Waals surface area contributed by atoms with Crippen molar-refractivity contribution in [3.05, 3.63) is 47.8 Å². The molecule has 1 aliphatic heterocycles. The first kappa shape index (κ1) is 27.7. The molecule has 12 nitrogen and oxygen atoms in total. The molecule has 1 saturated heterocycles. The van der Waals surface area contributed by atoms with E-state index in [9.17, 15) is 8.42 Å². The summed E-state index contributed by atoms with van der Waals surface area (Å²) in [6, 6.07) is 5.30. The van der Waals surface area contributed by atoms with E-state index in [2.05, 4.69) is 24.9 Å². The van der Waals surface area contributed by atoms with E-state index >= 15 is 0 Å². The summed E-state index contributed by atoms with van der Waals surface area (Å²) in [5, 5.41) is 7.57. The fraction of sp³-hybridized carbons (Fsp3) is 0.520. The van der Waals surface area contributed by atoms with Crippen LogP contribution in [0.4, 0.5) is 5.95 Å². The van der Waals surface area contributed by atoms with Gasteiger partial charge in [0.15, 0.2) is 0 Å². The normalized spacial score (nSPS) is 17.4. The fourth-order valence-corrected chi connectivity index (χ4v) is 5.39. The molecule has 3 heterocycles. The lowest BCUT2D eigenvalue weighted by Gasteiger charge is -2.26. The number of methoxy groups -OCH3 is 2. The van der Waals surface area contributed by atoms with Crippen molar-refractivity contribution in [2.45, 2.75) is 57.5 Å². The van der Waals surface area contributed by atoms with Crippen molar-refractivity contribution >= 4 is 16.0 Å². The van der Waals surface area contributed by atoms with Gasteiger partial charge in [0.1, 0.15) is 34.4 Å². The van der Waals surface area contributed by atoms with Gasteiger partial charge in [-0.15, -0.1) is 10.2 Å². The molecule has 13 heteroatoms. The van der Waals surface area contributed by atoms with Gasteiger partial charge < -0.3 is 18.9 Å². The molecule has 0 aliphatic carbocycles. The summed E-state index contributed by atoms with van der Waals surface area (Å²) in [5.41, 5.74) is 1.61. The molecule has 1 aromatic carbocycles. The minimum Gasteiger partial charge on any atom is -0.494 e. The van der Waals surface area contributed by atoms with Crippen molar-refractivity contribution in [2.75, 3.05) is 32.2 Å². The number of sulfonamides is 1. The number of ether oxygens (including phenoxy) is 4. The first-order chi connectivity index (χ1) is 18.2. The summed E-state index contributed by atoms with van der Waals surface area (Å²) in [6.07, 6.45) is 2.71. The van der Waals surface area contributed by atoms with E-state index in [4.69, 9.17) is 18.9 Å². The first-order valence-electron chi connectivity index (χ1n) is 12.4. The van der Waals surface area contributed by atoms with Gasteiger partial charge >= 0.3 is 0 Å². The van der Waals surface area contributed by atoms with Gasteiger partial charge in [-0.25, -0.2) is 8.42 Å². The molecule has 38 heavy (non-hydrogen) atoms. The van der Waals surface area contributed by atoms with E-state index < -0.39 is 21.4 Å². The number of para-hydroxylation sites is 1. The topological polar surface area (TPSA) is 140 Å². The lowest BCUT2D eigenvalue weighted by molar-refractivity contribution is 0.00394. The second-order valence-corrected chi connectivity index (χ2v) is 11.4. The lowest BCUT2D eigenvalue weighted by Crippen LogP contribution is -2.34. The van der Waals surface area contributed by atoms with Crippen LogP contribution in [0.5, 0.6) is 11.5 Å². The average Bonchev–Trinajstić information content (AvgIpc) is 3.56. The highest BCUT2D eigenvalue weighted by Crippen LogP contribution is 2.38. The summed E-state index contributed by atoms with van der Waals surface area (Å²) in [4.78, 5) is 8.65. The number of anilines is 1. The second-order valence-electron chi connectivity index (χ2n) is 9.33. The van der Waals surface area contributed by atoms with Gasteiger partial charge in [0.2, 0.25) is 16.0 Å². The molecule has 4 rings (SSSR count). The maximum Gasteiger partial charge on any atom is 0.243 e. The van der Waals surface area contributed by atoms with Crippen molar-refractivity contribution in [3.8, 4) is 17.2 Å². The molecule has 0 bridgehead atoms. The largest absolute Gasteiger partial charge is 0.494 e. The Hall–Kier alpha value is -3.29. The molecular formula is C25H34N6O6S. The molecule has 206 valence electrons. The van der Waals surface area contributed by atoms with Gasteiger partial charge in [-0.05, 0) is 46.2 Å². The van der Waals surface area contributed by atoms with Crippen LogP contribution in [0.15, 0.2) is 30.6 Å². The predicted molar refractivity (Wildman–Crippen MR) is 140 cm³/mol. The van der Waals surface area contributed by atoms with Crippen molar-refractivity contribution in [3.63, 3.8) is 0 Å². The number of rotatable bonds is 11.